The lowest BCUT2D eigenvalue weighted by atomic mass is 10.1. The molecule has 0 saturated heterocycles. The lowest BCUT2D eigenvalue weighted by Gasteiger charge is -2.11. The van der Waals surface area contributed by atoms with Crippen molar-refractivity contribution < 1.29 is 22.8 Å². The van der Waals surface area contributed by atoms with Crippen molar-refractivity contribution in [2.24, 2.45) is 0 Å². The van der Waals surface area contributed by atoms with Crippen LogP contribution in [0.15, 0.2) is 48.5 Å². The van der Waals surface area contributed by atoms with Crippen LogP contribution in [0.1, 0.15) is 38.2 Å². The molecule has 1 aromatic heterocycles. The number of halogens is 3. The number of rotatable bonds is 5. The van der Waals surface area contributed by atoms with E-state index in [1.807, 2.05) is 6.92 Å². The van der Waals surface area contributed by atoms with Gasteiger partial charge in [-0.2, -0.15) is 13.2 Å². The van der Waals surface area contributed by atoms with E-state index in [-0.39, 0.29) is 11.3 Å². The van der Waals surface area contributed by atoms with Gasteiger partial charge in [0.05, 0.1) is 11.3 Å². The summed E-state index contributed by atoms with van der Waals surface area (Å²) in [6.45, 7) is 1.85. The SMILES string of the molecule is CCc1nnsc1C(=O)Nc1cccc(C(=O)Nc2cccc(C(F)(F)F)c2)c1. The molecule has 0 spiro atoms. The smallest absolute Gasteiger partial charge is 0.322 e. The molecule has 150 valence electrons. The fourth-order valence-corrected chi connectivity index (χ4v) is 3.16. The number of anilines is 2. The van der Waals surface area contributed by atoms with Crippen LogP contribution in [0, 0.1) is 0 Å². The summed E-state index contributed by atoms with van der Waals surface area (Å²) >= 11 is 0.973. The lowest BCUT2D eigenvalue weighted by molar-refractivity contribution is -0.137. The molecule has 3 aromatic rings. The molecule has 2 amide bonds. The first-order valence-corrected chi connectivity index (χ1v) is 9.26. The molecule has 0 fully saturated rings. The van der Waals surface area contributed by atoms with Crippen LogP contribution in [0.25, 0.3) is 0 Å². The molecule has 0 aliphatic rings. The van der Waals surface area contributed by atoms with Crippen molar-refractivity contribution in [3.05, 3.63) is 70.2 Å². The van der Waals surface area contributed by atoms with Crippen LogP contribution in [-0.2, 0) is 12.6 Å². The number of hydrogen-bond acceptors (Lipinski definition) is 5. The van der Waals surface area contributed by atoms with E-state index in [2.05, 4.69) is 20.2 Å². The molecule has 0 radical (unpaired) electrons. The van der Waals surface area contributed by atoms with E-state index >= 15 is 0 Å². The molecule has 2 aromatic carbocycles. The molecule has 1 heterocycles. The Hall–Kier alpha value is -3.27. The number of aryl methyl sites for hydroxylation is 1. The summed E-state index contributed by atoms with van der Waals surface area (Å²) in [4.78, 5) is 25.2. The molecule has 6 nitrogen and oxygen atoms in total. The molecule has 0 bridgehead atoms. The molecule has 0 aliphatic carbocycles. The van der Waals surface area contributed by atoms with Gasteiger partial charge in [0.15, 0.2) is 0 Å². The first-order valence-electron chi connectivity index (χ1n) is 8.49. The summed E-state index contributed by atoms with van der Waals surface area (Å²) in [7, 11) is 0. The molecule has 29 heavy (non-hydrogen) atoms. The number of nitrogens with one attached hydrogen (secondary N) is 2. The fraction of sp³-hybridized carbons (Fsp3) is 0.158. The second-order valence-corrected chi connectivity index (χ2v) is 6.72. The van der Waals surface area contributed by atoms with E-state index in [1.165, 1.54) is 24.3 Å². The first-order chi connectivity index (χ1) is 13.8. The number of aromatic nitrogens is 2. The highest BCUT2D eigenvalue weighted by molar-refractivity contribution is 7.08. The van der Waals surface area contributed by atoms with Crippen molar-refractivity contribution >= 4 is 34.7 Å². The van der Waals surface area contributed by atoms with Gasteiger partial charge >= 0.3 is 6.18 Å². The molecular formula is C19H15F3N4O2S. The van der Waals surface area contributed by atoms with Crippen LogP contribution in [-0.4, -0.2) is 21.4 Å². The zero-order valence-corrected chi connectivity index (χ0v) is 15.9. The van der Waals surface area contributed by atoms with E-state index in [9.17, 15) is 22.8 Å². The highest BCUT2D eigenvalue weighted by Gasteiger charge is 2.30. The third-order valence-corrected chi connectivity index (χ3v) is 4.69. The summed E-state index contributed by atoms with van der Waals surface area (Å²) in [5, 5.41) is 8.98. The molecule has 2 N–H and O–H groups in total. The number of carbonyl (C=O) groups excluding carboxylic acids is 2. The van der Waals surface area contributed by atoms with E-state index in [0.29, 0.717) is 22.7 Å². The van der Waals surface area contributed by atoms with Crippen LogP contribution in [0.4, 0.5) is 24.5 Å². The summed E-state index contributed by atoms with van der Waals surface area (Å²) in [5.41, 5.74) is 0.273. The number of amides is 2. The van der Waals surface area contributed by atoms with Crippen molar-refractivity contribution in [2.75, 3.05) is 10.6 Å². The van der Waals surface area contributed by atoms with Crippen LogP contribution < -0.4 is 10.6 Å². The third-order valence-electron chi connectivity index (χ3n) is 3.93. The quantitative estimate of drug-likeness (QED) is 0.631. The maximum atomic E-state index is 12.8. The summed E-state index contributed by atoms with van der Waals surface area (Å²) in [6.07, 6.45) is -3.95. The van der Waals surface area contributed by atoms with Crippen molar-refractivity contribution in [1.82, 2.24) is 9.59 Å². The maximum absolute atomic E-state index is 12.8. The van der Waals surface area contributed by atoms with Gasteiger partial charge in [-0.25, -0.2) is 0 Å². The van der Waals surface area contributed by atoms with Gasteiger partial charge in [-0.05, 0) is 54.4 Å². The zero-order chi connectivity index (χ0) is 21.0. The van der Waals surface area contributed by atoms with Crippen LogP contribution in [0.2, 0.25) is 0 Å². The predicted molar refractivity (Wildman–Crippen MR) is 103 cm³/mol. The van der Waals surface area contributed by atoms with Crippen molar-refractivity contribution in [1.29, 1.82) is 0 Å². The molecule has 10 heteroatoms. The minimum absolute atomic E-state index is 0.0163. The Balaban J connectivity index is 1.74. The first kappa shape index (κ1) is 20.5. The van der Waals surface area contributed by atoms with Gasteiger partial charge in [0.25, 0.3) is 11.8 Å². The number of nitrogens with zero attached hydrogens (tertiary/aromatic N) is 2. The average Bonchev–Trinajstić information content (AvgIpc) is 3.17. The number of hydrogen-bond donors (Lipinski definition) is 2. The summed E-state index contributed by atoms with van der Waals surface area (Å²) < 4.78 is 42.2. The maximum Gasteiger partial charge on any atom is 0.416 e. The van der Waals surface area contributed by atoms with Crippen molar-refractivity contribution in [2.45, 2.75) is 19.5 Å². The zero-order valence-electron chi connectivity index (χ0n) is 15.1. The topological polar surface area (TPSA) is 84.0 Å². The van der Waals surface area contributed by atoms with Gasteiger partial charge in [-0.1, -0.05) is 23.5 Å². The molecule has 0 saturated carbocycles. The molecule has 0 atom stereocenters. The molecule has 3 rings (SSSR count). The second kappa shape index (κ2) is 8.39. The van der Waals surface area contributed by atoms with Gasteiger partial charge in [0.1, 0.15) is 4.88 Å². The van der Waals surface area contributed by atoms with Crippen LogP contribution in [0.3, 0.4) is 0 Å². The van der Waals surface area contributed by atoms with Gasteiger partial charge in [-0.3, -0.25) is 9.59 Å². The number of alkyl halides is 3. The van der Waals surface area contributed by atoms with Crippen LogP contribution >= 0.6 is 11.5 Å². The Morgan fingerprint density at radius 1 is 1.00 bits per heavy atom. The standard InChI is InChI=1S/C19H15F3N4O2S/c1-2-15-16(29-26-25-15)18(28)24-13-7-3-5-11(9-13)17(27)23-14-8-4-6-12(10-14)19(20,21)22/h3-10H,2H2,1H3,(H,23,27)(H,24,28). The fourth-order valence-electron chi connectivity index (χ4n) is 2.51. The Morgan fingerprint density at radius 3 is 2.34 bits per heavy atom. The molecular weight excluding hydrogens is 405 g/mol. The minimum atomic E-state index is -4.51. The second-order valence-electron chi connectivity index (χ2n) is 5.97. The Bertz CT molecular complexity index is 1050. The van der Waals surface area contributed by atoms with Crippen molar-refractivity contribution in [3.8, 4) is 0 Å². The van der Waals surface area contributed by atoms with Crippen LogP contribution in [0.5, 0.6) is 0 Å². The Labute approximate surface area is 167 Å². The highest BCUT2D eigenvalue weighted by Crippen LogP contribution is 2.30. The average molecular weight is 420 g/mol. The molecule has 0 unspecified atom stereocenters. The minimum Gasteiger partial charge on any atom is -0.322 e. The summed E-state index contributed by atoms with van der Waals surface area (Å²) in [5.74, 6) is -0.999. The van der Waals surface area contributed by atoms with Crippen molar-refractivity contribution in [3.63, 3.8) is 0 Å². The van der Waals surface area contributed by atoms with Gasteiger partial charge < -0.3 is 10.6 Å². The summed E-state index contributed by atoms with van der Waals surface area (Å²) in [6, 6.07) is 10.4. The van der Waals surface area contributed by atoms with E-state index in [4.69, 9.17) is 0 Å². The Morgan fingerprint density at radius 2 is 1.66 bits per heavy atom. The largest absolute Gasteiger partial charge is 0.416 e. The number of carbonyl (C=O) groups is 2. The van der Waals surface area contributed by atoms with E-state index in [0.717, 1.165) is 23.7 Å². The molecule has 0 aliphatic heterocycles. The van der Waals surface area contributed by atoms with E-state index in [1.54, 1.807) is 12.1 Å². The number of benzene rings is 2. The van der Waals surface area contributed by atoms with E-state index < -0.39 is 23.6 Å². The normalized spacial score (nSPS) is 11.2. The monoisotopic (exact) mass is 420 g/mol. The Kier molecular flexibility index (Phi) is 5.92. The lowest BCUT2D eigenvalue weighted by Crippen LogP contribution is -2.15. The predicted octanol–water partition coefficient (Wildman–Crippen LogP) is 4.62. The van der Waals surface area contributed by atoms with Gasteiger partial charge in [-0.15, -0.1) is 5.10 Å². The van der Waals surface area contributed by atoms with Gasteiger partial charge in [0.2, 0.25) is 0 Å². The third kappa shape index (κ3) is 4.96. The highest BCUT2D eigenvalue weighted by atomic mass is 32.1. The van der Waals surface area contributed by atoms with Gasteiger partial charge in [0, 0.05) is 16.9 Å².